The summed E-state index contributed by atoms with van der Waals surface area (Å²) in [6.07, 6.45) is 3.59. The van der Waals surface area contributed by atoms with Crippen molar-refractivity contribution in [3.63, 3.8) is 0 Å². The zero-order valence-corrected chi connectivity index (χ0v) is 15.6. The Hall–Kier alpha value is -2.82. The number of nitrogens with one attached hydrogen (secondary N) is 2. The summed E-state index contributed by atoms with van der Waals surface area (Å²) < 4.78 is 0. The second-order valence-electron chi connectivity index (χ2n) is 7.07. The molecule has 2 aromatic rings. The number of carboxylic acids is 1. The summed E-state index contributed by atoms with van der Waals surface area (Å²) in [7, 11) is 0. The van der Waals surface area contributed by atoms with E-state index in [0.29, 0.717) is 18.5 Å². The minimum atomic E-state index is -1.01. The van der Waals surface area contributed by atoms with Crippen LogP contribution in [0.4, 0.5) is 5.69 Å². The minimum Gasteiger partial charge on any atom is -0.480 e. The molecule has 0 bridgehead atoms. The van der Waals surface area contributed by atoms with Crippen LogP contribution in [0.2, 0.25) is 0 Å². The number of carbonyl (C=O) groups is 2. The maximum Gasteiger partial charge on any atom is 0.326 e. The summed E-state index contributed by atoms with van der Waals surface area (Å²) in [5.41, 5.74) is 3.84. The number of hydrogen-bond donors (Lipinski definition) is 3. The molecule has 0 fully saturated rings. The fourth-order valence-electron chi connectivity index (χ4n) is 3.52. The summed E-state index contributed by atoms with van der Waals surface area (Å²) in [6.45, 7) is 2.83. The van der Waals surface area contributed by atoms with Gasteiger partial charge >= 0.3 is 5.97 Å². The molecule has 3 N–H and O–H groups in total. The number of carbonyl (C=O) groups excluding carboxylic acids is 1. The SMILES string of the molecule is CCCCc1ccc(C(=O)N[C@H](C[C@H]2CNc3ccccc32)C(=O)O)cc1. The standard InChI is InChI=1S/C22H26N2O3/c1-2-3-6-15-9-11-16(12-10-15)21(25)24-20(22(26)27)13-17-14-23-19-8-5-4-7-18(17)19/h4-5,7-12,17,20,23H,2-3,6,13-14H2,1H3,(H,24,25)(H,26,27)/t17-,20+/m0/s1. The molecular formula is C22H26N2O3. The van der Waals surface area contributed by atoms with E-state index in [9.17, 15) is 14.7 Å². The number of amides is 1. The van der Waals surface area contributed by atoms with E-state index in [0.717, 1.165) is 30.5 Å². The maximum atomic E-state index is 12.5. The van der Waals surface area contributed by atoms with Crippen LogP contribution in [0.3, 0.4) is 0 Å². The van der Waals surface area contributed by atoms with Gasteiger partial charge in [-0.05, 0) is 48.6 Å². The van der Waals surface area contributed by atoms with Crippen molar-refractivity contribution in [2.24, 2.45) is 0 Å². The number of aryl methyl sites for hydroxylation is 1. The first-order valence-electron chi connectivity index (χ1n) is 9.54. The van der Waals surface area contributed by atoms with Gasteiger partial charge in [-0.1, -0.05) is 43.7 Å². The van der Waals surface area contributed by atoms with E-state index in [4.69, 9.17) is 0 Å². The number of para-hydroxylation sites is 1. The molecule has 3 rings (SSSR count). The molecule has 0 radical (unpaired) electrons. The van der Waals surface area contributed by atoms with Crippen molar-refractivity contribution in [3.05, 3.63) is 65.2 Å². The molecule has 2 aromatic carbocycles. The minimum absolute atomic E-state index is 0.0685. The van der Waals surface area contributed by atoms with Crippen molar-refractivity contribution in [1.29, 1.82) is 0 Å². The highest BCUT2D eigenvalue weighted by Gasteiger charge is 2.29. The van der Waals surface area contributed by atoms with Crippen molar-refractivity contribution >= 4 is 17.6 Å². The van der Waals surface area contributed by atoms with Gasteiger partial charge in [0.05, 0.1) is 0 Å². The molecule has 0 spiro atoms. The largest absolute Gasteiger partial charge is 0.480 e. The predicted octanol–water partition coefficient (Wildman–Crippen LogP) is 3.81. The quantitative estimate of drug-likeness (QED) is 0.664. The first-order chi connectivity index (χ1) is 13.1. The van der Waals surface area contributed by atoms with E-state index in [1.54, 1.807) is 12.1 Å². The lowest BCUT2D eigenvalue weighted by molar-refractivity contribution is -0.139. The Morgan fingerprint density at radius 1 is 1.19 bits per heavy atom. The summed E-state index contributed by atoms with van der Waals surface area (Å²) in [5, 5.41) is 15.6. The average molecular weight is 366 g/mol. The van der Waals surface area contributed by atoms with Gasteiger partial charge in [0.2, 0.25) is 0 Å². The average Bonchev–Trinajstić information content (AvgIpc) is 3.09. The summed E-state index contributed by atoms with van der Waals surface area (Å²) >= 11 is 0. The third-order valence-electron chi connectivity index (χ3n) is 5.10. The van der Waals surface area contributed by atoms with Crippen molar-refractivity contribution < 1.29 is 14.7 Å². The van der Waals surface area contributed by atoms with Gasteiger partial charge in [-0.15, -0.1) is 0 Å². The van der Waals surface area contributed by atoms with Crippen LogP contribution in [0.5, 0.6) is 0 Å². The Morgan fingerprint density at radius 2 is 1.93 bits per heavy atom. The Morgan fingerprint density at radius 3 is 2.63 bits per heavy atom. The van der Waals surface area contributed by atoms with Crippen LogP contribution in [0.25, 0.3) is 0 Å². The number of unbranched alkanes of at least 4 members (excludes halogenated alkanes) is 1. The number of aliphatic carboxylic acids is 1. The van der Waals surface area contributed by atoms with Gasteiger partial charge in [-0.3, -0.25) is 4.79 Å². The third kappa shape index (κ3) is 4.67. The molecule has 0 saturated heterocycles. The molecule has 0 saturated carbocycles. The van der Waals surface area contributed by atoms with Crippen LogP contribution in [0.1, 0.15) is 53.6 Å². The third-order valence-corrected chi connectivity index (χ3v) is 5.10. The van der Waals surface area contributed by atoms with Gasteiger partial charge in [-0.2, -0.15) is 0 Å². The zero-order chi connectivity index (χ0) is 19.2. The first kappa shape index (κ1) is 19.0. The first-order valence-corrected chi connectivity index (χ1v) is 9.54. The van der Waals surface area contributed by atoms with E-state index in [2.05, 4.69) is 17.6 Å². The smallest absolute Gasteiger partial charge is 0.326 e. The number of fused-ring (bicyclic) bond motifs is 1. The van der Waals surface area contributed by atoms with Crippen LogP contribution in [-0.4, -0.2) is 29.6 Å². The molecular weight excluding hydrogens is 340 g/mol. The van der Waals surface area contributed by atoms with Gasteiger partial charge in [0.1, 0.15) is 6.04 Å². The van der Waals surface area contributed by atoms with E-state index in [1.807, 2.05) is 36.4 Å². The summed E-state index contributed by atoms with van der Waals surface area (Å²) in [6, 6.07) is 14.4. The monoisotopic (exact) mass is 366 g/mol. The van der Waals surface area contributed by atoms with Crippen LogP contribution in [0.15, 0.2) is 48.5 Å². The molecule has 1 heterocycles. The van der Waals surface area contributed by atoms with Crippen molar-refractivity contribution in [2.75, 3.05) is 11.9 Å². The van der Waals surface area contributed by atoms with Crippen LogP contribution < -0.4 is 10.6 Å². The van der Waals surface area contributed by atoms with Gasteiger partial charge < -0.3 is 15.7 Å². The van der Waals surface area contributed by atoms with Crippen molar-refractivity contribution in [2.45, 2.75) is 44.6 Å². The van der Waals surface area contributed by atoms with E-state index in [1.165, 1.54) is 5.56 Å². The van der Waals surface area contributed by atoms with E-state index < -0.39 is 12.0 Å². The van der Waals surface area contributed by atoms with Gasteiger partial charge in [0.25, 0.3) is 5.91 Å². The fraction of sp³-hybridized carbons (Fsp3) is 0.364. The molecule has 0 aromatic heterocycles. The van der Waals surface area contributed by atoms with Crippen molar-refractivity contribution in [1.82, 2.24) is 5.32 Å². The molecule has 142 valence electrons. The Kier molecular flexibility index (Phi) is 6.12. The van der Waals surface area contributed by atoms with Gasteiger partial charge in [0.15, 0.2) is 0 Å². The second-order valence-corrected chi connectivity index (χ2v) is 7.07. The molecule has 0 unspecified atom stereocenters. The molecule has 0 aliphatic carbocycles. The Bertz CT molecular complexity index is 801. The molecule has 5 heteroatoms. The predicted molar refractivity (Wildman–Crippen MR) is 106 cm³/mol. The van der Waals surface area contributed by atoms with Gasteiger partial charge in [0, 0.05) is 23.7 Å². The number of anilines is 1. The van der Waals surface area contributed by atoms with Gasteiger partial charge in [-0.25, -0.2) is 4.79 Å². The molecule has 27 heavy (non-hydrogen) atoms. The van der Waals surface area contributed by atoms with E-state index in [-0.39, 0.29) is 11.8 Å². The Labute approximate surface area is 159 Å². The Balaban J connectivity index is 1.64. The lowest BCUT2D eigenvalue weighted by Crippen LogP contribution is -2.42. The molecule has 1 aliphatic heterocycles. The maximum absolute atomic E-state index is 12.5. The number of carboxylic acid groups (broad SMARTS) is 1. The summed E-state index contributed by atoms with van der Waals surface area (Å²) in [4.78, 5) is 24.2. The highest BCUT2D eigenvalue weighted by atomic mass is 16.4. The number of hydrogen-bond acceptors (Lipinski definition) is 3. The molecule has 1 amide bonds. The topological polar surface area (TPSA) is 78.4 Å². The molecule has 2 atom stereocenters. The highest BCUT2D eigenvalue weighted by molar-refractivity contribution is 5.96. The van der Waals surface area contributed by atoms with E-state index >= 15 is 0 Å². The lowest BCUT2D eigenvalue weighted by atomic mass is 9.93. The molecule has 1 aliphatic rings. The highest BCUT2D eigenvalue weighted by Crippen LogP contribution is 2.34. The lowest BCUT2D eigenvalue weighted by Gasteiger charge is -2.18. The molecule has 5 nitrogen and oxygen atoms in total. The summed E-state index contributed by atoms with van der Waals surface area (Å²) in [5.74, 6) is -1.28. The normalized spacial score (nSPS) is 16.3. The van der Waals surface area contributed by atoms with Crippen LogP contribution in [-0.2, 0) is 11.2 Å². The fourth-order valence-corrected chi connectivity index (χ4v) is 3.52. The van der Waals surface area contributed by atoms with Crippen molar-refractivity contribution in [3.8, 4) is 0 Å². The zero-order valence-electron chi connectivity index (χ0n) is 15.6. The number of rotatable bonds is 8. The number of benzene rings is 2. The van der Waals surface area contributed by atoms with Crippen LogP contribution >= 0.6 is 0 Å². The second kappa shape index (κ2) is 8.71. The van der Waals surface area contributed by atoms with Crippen LogP contribution in [0, 0.1) is 0 Å².